The summed E-state index contributed by atoms with van der Waals surface area (Å²) >= 11 is 0. The van der Waals surface area contributed by atoms with Gasteiger partial charge in [-0.15, -0.1) is 6.42 Å². The minimum absolute atomic E-state index is 0.125. The van der Waals surface area contributed by atoms with Crippen LogP contribution < -0.4 is 0 Å². The number of hydrogen-bond donors (Lipinski definition) is 0. The van der Waals surface area contributed by atoms with Crippen molar-refractivity contribution in [2.75, 3.05) is 13.7 Å². The topological polar surface area (TPSA) is 52.6 Å². The Morgan fingerprint density at radius 2 is 2.08 bits per heavy atom. The third-order valence-electron chi connectivity index (χ3n) is 1.21. The third kappa shape index (κ3) is 3.06. The first-order valence-electron chi connectivity index (χ1n) is 3.31. The molecule has 12 heavy (non-hydrogen) atoms. The maximum atomic E-state index is 10.9. The number of rotatable bonds is 3. The van der Waals surface area contributed by atoms with E-state index in [0.29, 0.717) is 0 Å². The Balaban J connectivity index is 3.94. The molecular formula is C8H10O4. The second-order valence-electron chi connectivity index (χ2n) is 2.06. The van der Waals surface area contributed by atoms with E-state index in [-0.39, 0.29) is 6.61 Å². The van der Waals surface area contributed by atoms with E-state index in [1.54, 1.807) is 0 Å². The van der Waals surface area contributed by atoms with Gasteiger partial charge in [0.1, 0.15) is 0 Å². The van der Waals surface area contributed by atoms with Crippen LogP contribution in [0.4, 0.5) is 0 Å². The standard InChI is InChI=1S/C8H10O4/c1-4-5-12-8(10)6(2)7(9)11-3/h1,6H,5H2,2-3H3. The number of terminal acetylenes is 1. The molecule has 0 heterocycles. The second-order valence-corrected chi connectivity index (χ2v) is 2.06. The highest BCUT2D eigenvalue weighted by atomic mass is 16.5. The van der Waals surface area contributed by atoms with Crippen molar-refractivity contribution in [1.82, 2.24) is 0 Å². The molecule has 0 aliphatic carbocycles. The molecule has 0 aliphatic heterocycles. The number of hydrogen-bond acceptors (Lipinski definition) is 4. The molecule has 0 aliphatic rings. The van der Waals surface area contributed by atoms with Crippen molar-refractivity contribution in [2.24, 2.45) is 5.92 Å². The predicted molar refractivity (Wildman–Crippen MR) is 41.0 cm³/mol. The molecule has 66 valence electrons. The highest BCUT2D eigenvalue weighted by Crippen LogP contribution is 2.00. The van der Waals surface area contributed by atoms with Crippen molar-refractivity contribution in [3.05, 3.63) is 0 Å². The molecule has 0 radical (unpaired) electrons. The minimum Gasteiger partial charge on any atom is -0.468 e. The summed E-state index contributed by atoms with van der Waals surface area (Å²) in [7, 11) is 1.20. The van der Waals surface area contributed by atoms with Gasteiger partial charge in [-0.1, -0.05) is 5.92 Å². The Morgan fingerprint density at radius 3 is 2.50 bits per heavy atom. The fourth-order valence-corrected chi connectivity index (χ4v) is 0.511. The lowest BCUT2D eigenvalue weighted by atomic mass is 10.2. The van der Waals surface area contributed by atoms with Gasteiger partial charge in [0.05, 0.1) is 7.11 Å². The van der Waals surface area contributed by atoms with Crippen LogP contribution in [-0.2, 0) is 19.1 Å². The number of carbonyl (C=O) groups excluding carboxylic acids is 2. The summed E-state index contributed by atoms with van der Waals surface area (Å²) in [5, 5.41) is 0. The highest BCUT2D eigenvalue weighted by Gasteiger charge is 2.23. The van der Waals surface area contributed by atoms with Crippen LogP contribution >= 0.6 is 0 Å². The van der Waals surface area contributed by atoms with Crippen LogP contribution in [0.3, 0.4) is 0 Å². The molecule has 0 spiro atoms. The Morgan fingerprint density at radius 1 is 1.50 bits per heavy atom. The van der Waals surface area contributed by atoms with Crippen LogP contribution in [0, 0.1) is 18.3 Å². The van der Waals surface area contributed by atoms with Crippen LogP contribution in [0.25, 0.3) is 0 Å². The summed E-state index contributed by atoms with van der Waals surface area (Å²) in [4.78, 5) is 21.6. The van der Waals surface area contributed by atoms with Crippen LogP contribution in [0.1, 0.15) is 6.92 Å². The van der Waals surface area contributed by atoms with Crippen LogP contribution in [0.15, 0.2) is 0 Å². The first-order chi connectivity index (χ1) is 5.63. The van der Waals surface area contributed by atoms with Crippen LogP contribution in [0.2, 0.25) is 0 Å². The molecule has 0 amide bonds. The number of ether oxygens (including phenoxy) is 2. The van der Waals surface area contributed by atoms with Crippen LogP contribution in [-0.4, -0.2) is 25.7 Å². The smallest absolute Gasteiger partial charge is 0.320 e. The fraction of sp³-hybridized carbons (Fsp3) is 0.500. The molecule has 1 unspecified atom stereocenters. The molecule has 0 N–H and O–H groups in total. The summed E-state index contributed by atoms with van der Waals surface area (Å²) < 4.78 is 8.82. The summed E-state index contributed by atoms with van der Waals surface area (Å²) in [5.41, 5.74) is 0. The lowest BCUT2D eigenvalue weighted by Crippen LogP contribution is -2.24. The number of methoxy groups -OCH3 is 1. The molecule has 0 bridgehead atoms. The van der Waals surface area contributed by atoms with Crippen molar-refractivity contribution in [3.8, 4) is 12.3 Å². The quantitative estimate of drug-likeness (QED) is 0.339. The predicted octanol–water partition coefficient (Wildman–Crippen LogP) is -0.0281. The summed E-state index contributed by atoms with van der Waals surface area (Å²) in [6, 6.07) is 0. The molecule has 0 aromatic carbocycles. The summed E-state index contributed by atoms with van der Waals surface area (Å²) in [5.74, 6) is -0.0929. The minimum atomic E-state index is -0.914. The van der Waals surface area contributed by atoms with Crippen molar-refractivity contribution in [3.63, 3.8) is 0 Å². The average Bonchev–Trinajstić information content (AvgIpc) is 2.11. The number of esters is 2. The van der Waals surface area contributed by atoms with Gasteiger partial charge >= 0.3 is 11.9 Å². The Hall–Kier alpha value is -1.50. The monoisotopic (exact) mass is 170 g/mol. The van der Waals surface area contributed by atoms with E-state index >= 15 is 0 Å². The lowest BCUT2D eigenvalue weighted by molar-refractivity contribution is -0.158. The Labute approximate surface area is 70.8 Å². The van der Waals surface area contributed by atoms with E-state index in [4.69, 9.17) is 6.42 Å². The molecule has 4 nitrogen and oxygen atoms in total. The molecule has 0 fully saturated rings. The van der Waals surface area contributed by atoms with Gasteiger partial charge in [0.25, 0.3) is 0 Å². The van der Waals surface area contributed by atoms with E-state index < -0.39 is 17.9 Å². The van der Waals surface area contributed by atoms with Crippen molar-refractivity contribution >= 4 is 11.9 Å². The van der Waals surface area contributed by atoms with Crippen LogP contribution in [0.5, 0.6) is 0 Å². The van der Waals surface area contributed by atoms with Gasteiger partial charge in [-0.2, -0.15) is 0 Å². The zero-order chi connectivity index (χ0) is 9.56. The van der Waals surface area contributed by atoms with Crippen molar-refractivity contribution in [2.45, 2.75) is 6.92 Å². The number of carbonyl (C=O) groups is 2. The molecule has 0 aromatic rings. The first-order valence-corrected chi connectivity index (χ1v) is 3.31. The first kappa shape index (κ1) is 10.5. The van der Waals surface area contributed by atoms with Gasteiger partial charge in [-0.05, 0) is 6.92 Å². The van der Waals surface area contributed by atoms with Gasteiger partial charge in [0, 0.05) is 0 Å². The Kier molecular flexibility index (Phi) is 4.54. The molecule has 0 rings (SSSR count). The zero-order valence-corrected chi connectivity index (χ0v) is 6.99. The highest BCUT2D eigenvalue weighted by molar-refractivity contribution is 5.94. The van der Waals surface area contributed by atoms with Gasteiger partial charge < -0.3 is 9.47 Å². The molecule has 0 aromatic heterocycles. The third-order valence-corrected chi connectivity index (χ3v) is 1.21. The van der Waals surface area contributed by atoms with E-state index in [2.05, 4.69) is 15.4 Å². The summed E-state index contributed by atoms with van der Waals surface area (Å²) in [6.45, 7) is 1.27. The molecule has 0 saturated carbocycles. The largest absolute Gasteiger partial charge is 0.468 e. The van der Waals surface area contributed by atoms with E-state index in [9.17, 15) is 9.59 Å². The average molecular weight is 170 g/mol. The van der Waals surface area contributed by atoms with Crippen molar-refractivity contribution in [1.29, 1.82) is 0 Å². The summed E-state index contributed by atoms with van der Waals surface area (Å²) in [6.07, 6.45) is 4.84. The zero-order valence-electron chi connectivity index (χ0n) is 6.99. The van der Waals surface area contributed by atoms with Gasteiger partial charge in [0.15, 0.2) is 12.5 Å². The van der Waals surface area contributed by atoms with Gasteiger partial charge in [0.2, 0.25) is 0 Å². The van der Waals surface area contributed by atoms with Crippen molar-refractivity contribution < 1.29 is 19.1 Å². The maximum Gasteiger partial charge on any atom is 0.320 e. The van der Waals surface area contributed by atoms with E-state index in [0.717, 1.165) is 0 Å². The maximum absolute atomic E-state index is 10.9. The molecular weight excluding hydrogens is 160 g/mol. The normalized spacial score (nSPS) is 11.1. The van der Waals surface area contributed by atoms with Gasteiger partial charge in [-0.3, -0.25) is 9.59 Å². The van der Waals surface area contributed by atoms with E-state index in [1.165, 1.54) is 14.0 Å². The molecule has 0 saturated heterocycles. The molecule has 1 atom stereocenters. The SMILES string of the molecule is C#CCOC(=O)C(C)C(=O)OC. The fourth-order valence-electron chi connectivity index (χ4n) is 0.511. The lowest BCUT2D eigenvalue weighted by Gasteiger charge is -2.06. The molecule has 4 heteroatoms. The van der Waals surface area contributed by atoms with E-state index in [1.807, 2.05) is 0 Å². The Bertz CT molecular complexity index is 214. The second kappa shape index (κ2) is 5.19. The van der Waals surface area contributed by atoms with Gasteiger partial charge in [-0.25, -0.2) is 0 Å².